The Morgan fingerprint density at radius 1 is 1.33 bits per heavy atom. The molecule has 0 heterocycles. The summed E-state index contributed by atoms with van der Waals surface area (Å²) < 4.78 is 0. The molecule has 3 nitrogen and oxygen atoms in total. The highest BCUT2D eigenvalue weighted by molar-refractivity contribution is 5.76. The standard InChI is InChI=1S/C18H26N2O/c1-12(16-11-13-6-7-15(16)10-13)20-18(21)9-8-14-4-2-3-5-17(14)19/h2-5,12-13,15-16H,6-11,19H2,1H3,(H,20,21). The van der Waals surface area contributed by atoms with E-state index in [9.17, 15) is 4.79 Å². The van der Waals surface area contributed by atoms with E-state index in [1.165, 1.54) is 25.7 Å². The SMILES string of the molecule is CC(NC(=O)CCc1ccccc1N)C1CC2CCC1C2. The minimum Gasteiger partial charge on any atom is -0.399 e. The van der Waals surface area contributed by atoms with Crippen LogP contribution in [0.4, 0.5) is 5.69 Å². The van der Waals surface area contributed by atoms with Gasteiger partial charge in [0.1, 0.15) is 0 Å². The summed E-state index contributed by atoms with van der Waals surface area (Å²) in [6.45, 7) is 2.18. The van der Waals surface area contributed by atoms with Crippen molar-refractivity contribution in [2.75, 3.05) is 5.73 Å². The summed E-state index contributed by atoms with van der Waals surface area (Å²) in [7, 11) is 0. The fraction of sp³-hybridized carbons (Fsp3) is 0.611. The maximum atomic E-state index is 12.1. The molecule has 0 radical (unpaired) electrons. The Labute approximate surface area is 127 Å². The number of nitrogens with one attached hydrogen (secondary N) is 1. The number of amides is 1. The molecule has 1 aromatic rings. The van der Waals surface area contributed by atoms with E-state index in [4.69, 9.17) is 5.73 Å². The number of carbonyl (C=O) groups is 1. The maximum Gasteiger partial charge on any atom is 0.220 e. The van der Waals surface area contributed by atoms with E-state index in [0.717, 1.165) is 29.5 Å². The van der Waals surface area contributed by atoms with Crippen molar-refractivity contribution in [1.82, 2.24) is 5.32 Å². The van der Waals surface area contributed by atoms with Crippen molar-refractivity contribution < 1.29 is 4.79 Å². The molecule has 0 spiro atoms. The van der Waals surface area contributed by atoms with Crippen LogP contribution in [0.15, 0.2) is 24.3 Å². The average molecular weight is 286 g/mol. The van der Waals surface area contributed by atoms with Crippen LogP contribution in [0.1, 0.15) is 44.6 Å². The van der Waals surface area contributed by atoms with Crippen LogP contribution in [-0.2, 0) is 11.2 Å². The quantitative estimate of drug-likeness (QED) is 0.817. The molecule has 3 rings (SSSR count). The lowest BCUT2D eigenvalue weighted by Crippen LogP contribution is -2.40. The van der Waals surface area contributed by atoms with Crippen molar-refractivity contribution in [2.45, 2.75) is 51.5 Å². The third-order valence-corrected chi connectivity index (χ3v) is 5.50. The Balaban J connectivity index is 1.47. The zero-order valence-corrected chi connectivity index (χ0v) is 12.8. The van der Waals surface area contributed by atoms with Gasteiger partial charge < -0.3 is 11.1 Å². The van der Waals surface area contributed by atoms with Gasteiger partial charge in [0.05, 0.1) is 0 Å². The first-order valence-corrected chi connectivity index (χ1v) is 8.26. The summed E-state index contributed by atoms with van der Waals surface area (Å²) >= 11 is 0. The number of hydrogen-bond acceptors (Lipinski definition) is 2. The molecular weight excluding hydrogens is 260 g/mol. The number of nitrogens with two attached hydrogens (primary N) is 1. The van der Waals surface area contributed by atoms with Crippen molar-refractivity contribution >= 4 is 11.6 Å². The van der Waals surface area contributed by atoms with Crippen molar-refractivity contribution in [3.8, 4) is 0 Å². The fourth-order valence-corrected chi connectivity index (χ4v) is 4.35. The number of anilines is 1. The summed E-state index contributed by atoms with van der Waals surface area (Å²) in [5, 5.41) is 3.22. The number of carbonyl (C=O) groups excluding carboxylic acids is 1. The Morgan fingerprint density at radius 3 is 2.81 bits per heavy atom. The summed E-state index contributed by atoms with van der Waals surface area (Å²) in [6.07, 6.45) is 6.75. The van der Waals surface area contributed by atoms with Gasteiger partial charge in [-0.2, -0.15) is 0 Å². The average Bonchev–Trinajstić information content (AvgIpc) is 3.09. The van der Waals surface area contributed by atoms with Gasteiger partial charge in [0, 0.05) is 18.2 Å². The predicted molar refractivity (Wildman–Crippen MR) is 85.7 cm³/mol. The Bertz CT molecular complexity index is 514. The van der Waals surface area contributed by atoms with Gasteiger partial charge in [0.25, 0.3) is 0 Å². The molecule has 1 amide bonds. The molecule has 2 bridgehead atoms. The van der Waals surface area contributed by atoms with Gasteiger partial charge >= 0.3 is 0 Å². The minimum absolute atomic E-state index is 0.161. The molecule has 4 unspecified atom stereocenters. The summed E-state index contributed by atoms with van der Waals surface area (Å²) in [4.78, 5) is 12.1. The van der Waals surface area contributed by atoms with Crippen molar-refractivity contribution in [2.24, 2.45) is 17.8 Å². The fourth-order valence-electron chi connectivity index (χ4n) is 4.35. The molecule has 0 aromatic heterocycles. The van der Waals surface area contributed by atoms with E-state index in [2.05, 4.69) is 12.2 Å². The second kappa shape index (κ2) is 6.08. The van der Waals surface area contributed by atoms with Crippen LogP contribution in [0.3, 0.4) is 0 Å². The van der Waals surface area contributed by atoms with Gasteiger partial charge in [-0.05, 0) is 62.0 Å². The minimum atomic E-state index is 0.161. The zero-order valence-electron chi connectivity index (χ0n) is 12.8. The molecule has 21 heavy (non-hydrogen) atoms. The third-order valence-electron chi connectivity index (χ3n) is 5.50. The van der Waals surface area contributed by atoms with Crippen LogP contribution in [0.5, 0.6) is 0 Å². The van der Waals surface area contributed by atoms with Gasteiger partial charge in [-0.15, -0.1) is 0 Å². The predicted octanol–water partition coefficient (Wildman–Crippen LogP) is 3.14. The van der Waals surface area contributed by atoms with Crippen LogP contribution < -0.4 is 11.1 Å². The largest absolute Gasteiger partial charge is 0.399 e. The van der Waals surface area contributed by atoms with Gasteiger partial charge in [0.15, 0.2) is 0 Å². The molecular formula is C18H26N2O. The van der Waals surface area contributed by atoms with E-state index in [0.29, 0.717) is 18.4 Å². The van der Waals surface area contributed by atoms with Gasteiger partial charge in [0.2, 0.25) is 5.91 Å². The first kappa shape index (κ1) is 14.4. The van der Waals surface area contributed by atoms with E-state index < -0.39 is 0 Å². The number of para-hydroxylation sites is 1. The van der Waals surface area contributed by atoms with Crippen LogP contribution in [0, 0.1) is 17.8 Å². The van der Waals surface area contributed by atoms with E-state index in [-0.39, 0.29) is 5.91 Å². The smallest absolute Gasteiger partial charge is 0.220 e. The summed E-state index contributed by atoms with van der Waals surface area (Å²) in [6, 6.07) is 8.12. The van der Waals surface area contributed by atoms with Gasteiger partial charge in [-0.25, -0.2) is 0 Å². The monoisotopic (exact) mass is 286 g/mol. The topological polar surface area (TPSA) is 55.1 Å². The lowest BCUT2D eigenvalue weighted by atomic mass is 9.84. The van der Waals surface area contributed by atoms with Crippen LogP contribution in [0.25, 0.3) is 0 Å². The normalized spacial score (nSPS) is 28.5. The Hall–Kier alpha value is -1.51. The van der Waals surface area contributed by atoms with Crippen molar-refractivity contribution in [3.63, 3.8) is 0 Å². The second-order valence-electron chi connectivity index (χ2n) is 6.89. The van der Waals surface area contributed by atoms with Crippen molar-refractivity contribution in [1.29, 1.82) is 0 Å². The number of rotatable bonds is 5. The molecule has 0 aliphatic heterocycles. The highest BCUT2D eigenvalue weighted by Crippen LogP contribution is 2.49. The molecule has 1 aromatic carbocycles. The molecule has 114 valence electrons. The first-order valence-electron chi connectivity index (χ1n) is 8.26. The Kier molecular flexibility index (Phi) is 4.18. The Morgan fingerprint density at radius 2 is 2.14 bits per heavy atom. The number of hydrogen-bond donors (Lipinski definition) is 2. The molecule has 3 heteroatoms. The lowest BCUT2D eigenvalue weighted by Gasteiger charge is -2.28. The second-order valence-corrected chi connectivity index (χ2v) is 6.89. The molecule has 2 aliphatic carbocycles. The number of nitrogen functional groups attached to an aromatic ring is 1. The number of benzene rings is 1. The molecule has 3 N–H and O–H groups in total. The van der Waals surface area contributed by atoms with E-state index in [1.807, 2.05) is 24.3 Å². The van der Waals surface area contributed by atoms with Crippen LogP contribution in [-0.4, -0.2) is 11.9 Å². The summed E-state index contributed by atoms with van der Waals surface area (Å²) in [5.41, 5.74) is 7.77. The highest BCUT2D eigenvalue weighted by atomic mass is 16.1. The van der Waals surface area contributed by atoms with E-state index in [1.54, 1.807) is 0 Å². The van der Waals surface area contributed by atoms with Crippen molar-refractivity contribution in [3.05, 3.63) is 29.8 Å². The molecule has 2 fully saturated rings. The zero-order chi connectivity index (χ0) is 14.8. The van der Waals surface area contributed by atoms with Crippen LogP contribution >= 0.6 is 0 Å². The molecule has 0 saturated heterocycles. The lowest BCUT2D eigenvalue weighted by molar-refractivity contribution is -0.122. The first-order chi connectivity index (χ1) is 10.1. The molecule has 4 atom stereocenters. The maximum absolute atomic E-state index is 12.1. The van der Waals surface area contributed by atoms with Gasteiger partial charge in [-0.3, -0.25) is 4.79 Å². The number of fused-ring (bicyclic) bond motifs is 2. The number of aryl methyl sites for hydroxylation is 1. The highest BCUT2D eigenvalue weighted by Gasteiger charge is 2.41. The molecule has 2 aliphatic rings. The van der Waals surface area contributed by atoms with E-state index >= 15 is 0 Å². The third kappa shape index (κ3) is 3.22. The van der Waals surface area contributed by atoms with Gasteiger partial charge in [-0.1, -0.05) is 24.6 Å². The van der Waals surface area contributed by atoms with Crippen LogP contribution in [0.2, 0.25) is 0 Å². The summed E-state index contributed by atoms with van der Waals surface area (Å²) in [5.74, 6) is 2.65. The molecule has 2 saturated carbocycles.